The van der Waals surface area contributed by atoms with Gasteiger partial charge in [-0.15, -0.1) is 18.6 Å². The van der Waals surface area contributed by atoms with Crippen molar-refractivity contribution < 1.29 is 59.0 Å². The van der Waals surface area contributed by atoms with Crippen LogP contribution in [-0.2, 0) is 34.1 Å². The Morgan fingerprint density at radius 2 is 1.28 bits per heavy atom. The SMILES string of the molecule is C1=C2C=C[CH-]C=1C=N[C@@H]1CCCC[C@H]1N=CC1=[C+]C(=CC=C1)C=N[C@@H]1CCCC[C@H]1N=C2.[Cl-].[Cl-].[Cu+].[Cu+]. The van der Waals surface area contributed by atoms with Crippen molar-refractivity contribution in [3.05, 3.63) is 70.9 Å². The minimum absolute atomic E-state index is 0. The predicted molar refractivity (Wildman–Crippen MR) is 134 cm³/mol. The molecule has 2 fully saturated rings. The fourth-order valence-corrected chi connectivity index (χ4v) is 4.90. The van der Waals surface area contributed by atoms with E-state index in [0.717, 1.165) is 48.0 Å². The van der Waals surface area contributed by atoms with E-state index >= 15 is 0 Å². The van der Waals surface area contributed by atoms with Gasteiger partial charge >= 0.3 is 34.1 Å². The normalized spacial score (nSPS) is 28.0. The number of aliphatic imine (C=N–C) groups is 4. The van der Waals surface area contributed by atoms with Gasteiger partial charge in [0.15, 0.2) is 0 Å². The van der Waals surface area contributed by atoms with E-state index in [2.05, 4.69) is 48.6 Å². The van der Waals surface area contributed by atoms with Gasteiger partial charge in [0.1, 0.15) is 23.6 Å². The zero-order valence-electron chi connectivity index (χ0n) is 19.9. The summed E-state index contributed by atoms with van der Waals surface area (Å²) >= 11 is 0. The van der Waals surface area contributed by atoms with Gasteiger partial charge in [-0.2, -0.15) is 0 Å². The summed E-state index contributed by atoms with van der Waals surface area (Å²) in [4.78, 5) is 19.7. The summed E-state index contributed by atoms with van der Waals surface area (Å²) in [5, 5.41) is 0. The first kappa shape index (κ1) is 32.6. The fraction of sp³-hybridized carbons (Fsp3) is 0.429. The minimum atomic E-state index is 0. The van der Waals surface area contributed by atoms with Crippen molar-refractivity contribution in [3.63, 3.8) is 0 Å². The van der Waals surface area contributed by atoms with Gasteiger partial charge in [0.2, 0.25) is 0 Å². The van der Waals surface area contributed by atoms with Gasteiger partial charge in [-0.05, 0) is 31.9 Å². The third-order valence-electron chi connectivity index (χ3n) is 6.69. The van der Waals surface area contributed by atoms with Crippen LogP contribution in [0.15, 0.2) is 78.4 Å². The largest absolute Gasteiger partial charge is 1.00 e. The molecule has 0 N–H and O–H groups in total. The summed E-state index contributed by atoms with van der Waals surface area (Å²) in [6.07, 6.45) is 32.9. The van der Waals surface area contributed by atoms with Crippen molar-refractivity contribution in [2.75, 3.05) is 0 Å². The summed E-state index contributed by atoms with van der Waals surface area (Å²) in [7, 11) is 0. The predicted octanol–water partition coefficient (Wildman–Crippen LogP) is -0.640. The summed E-state index contributed by atoms with van der Waals surface area (Å²) in [5.74, 6) is 0. The summed E-state index contributed by atoms with van der Waals surface area (Å²) < 4.78 is 0. The van der Waals surface area contributed by atoms with Gasteiger partial charge in [-0.3, -0.25) is 4.99 Å². The third-order valence-corrected chi connectivity index (χ3v) is 6.69. The van der Waals surface area contributed by atoms with Crippen molar-refractivity contribution >= 4 is 24.9 Å². The van der Waals surface area contributed by atoms with Gasteiger partial charge in [0, 0.05) is 30.5 Å². The van der Waals surface area contributed by atoms with Crippen LogP contribution in [0.3, 0.4) is 0 Å². The van der Waals surface area contributed by atoms with Gasteiger partial charge < -0.3 is 29.8 Å². The first-order chi connectivity index (χ1) is 15.8. The topological polar surface area (TPSA) is 49.4 Å². The summed E-state index contributed by atoms with van der Waals surface area (Å²) in [5.41, 5.74) is 7.47. The Labute approximate surface area is 249 Å². The first-order valence-corrected chi connectivity index (χ1v) is 12.0. The van der Waals surface area contributed by atoms with E-state index in [1.54, 1.807) is 0 Å². The molecule has 0 saturated heterocycles. The van der Waals surface area contributed by atoms with Crippen LogP contribution in [0.25, 0.3) is 0 Å². The van der Waals surface area contributed by atoms with Crippen LogP contribution in [0.2, 0.25) is 0 Å². The van der Waals surface area contributed by atoms with Gasteiger partial charge in [0.05, 0.1) is 24.2 Å². The van der Waals surface area contributed by atoms with E-state index in [1.807, 2.05) is 24.9 Å². The molecule has 1 aliphatic heterocycles. The molecular weight excluding hydrogens is 590 g/mol. The Balaban J connectivity index is 0.00000162. The van der Waals surface area contributed by atoms with Crippen LogP contribution >= 0.6 is 0 Å². The van der Waals surface area contributed by atoms with E-state index in [-0.39, 0.29) is 83.1 Å². The number of allylic oxidation sites excluding steroid dienone is 9. The molecule has 0 aromatic rings. The molecule has 5 aliphatic rings. The molecule has 5 rings (SSSR count). The second kappa shape index (κ2) is 16.4. The van der Waals surface area contributed by atoms with Gasteiger partial charge in [0.25, 0.3) is 0 Å². The molecule has 0 spiro atoms. The standard InChI is InChI=1S/C28H30N4.2ClH.2Cu/c1-2-12-26-25(11-1)29-17-21-7-5-9-23(15-21)19-31-27-13-3-4-14-28(27)32-20-24-10-6-8-22(16-24)18-30-26;;;;/h5-10,17-20,25-28H,1-4,11-14H2;2*1H;;/q;;;2*+1/p-2/t25-,26-,27-,28-;;;;/m1..../s1. The molecule has 0 amide bonds. The number of hydrogen-bond acceptors (Lipinski definition) is 4. The molecule has 0 radical (unpaired) electrons. The van der Waals surface area contributed by atoms with E-state index in [4.69, 9.17) is 20.0 Å². The van der Waals surface area contributed by atoms with Crippen molar-refractivity contribution in [2.45, 2.75) is 75.5 Å². The van der Waals surface area contributed by atoms with Crippen molar-refractivity contribution in [1.82, 2.24) is 0 Å². The Hall–Kier alpha value is -1.44. The molecule has 4 nitrogen and oxygen atoms in total. The average molecular weight is 621 g/mol. The summed E-state index contributed by atoms with van der Waals surface area (Å²) in [6, 6.07) is 0.879. The second-order valence-electron chi connectivity index (χ2n) is 9.07. The van der Waals surface area contributed by atoms with E-state index in [0.29, 0.717) is 0 Å². The maximum atomic E-state index is 4.93. The van der Waals surface area contributed by atoms with Gasteiger partial charge in [-0.25, -0.2) is 15.7 Å². The Bertz CT molecular complexity index is 1050. The molecule has 0 aromatic carbocycles. The average Bonchev–Trinajstić information content (AvgIpc) is 2.85. The van der Waals surface area contributed by atoms with Crippen LogP contribution in [0.5, 0.6) is 0 Å². The van der Waals surface area contributed by atoms with Crippen LogP contribution in [0.4, 0.5) is 0 Å². The van der Waals surface area contributed by atoms with Crippen molar-refractivity contribution in [1.29, 1.82) is 0 Å². The van der Waals surface area contributed by atoms with Crippen LogP contribution in [0, 0.1) is 12.5 Å². The molecule has 1 heterocycles. The molecule has 4 aliphatic carbocycles. The molecular formula is C28H30Cl2Cu2N4. The quantitative estimate of drug-likeness (QED) is 0.197. The first-order valence-electron chi connectivity index (χ1n) is 12.0. The molecule has 0 unspecified atom stereocenters. The number of hydrogen-bond donors (Lipinski definition) is 0. The second-order valence-corrected chi connectivity index (χ2v) is 9.07. The zero-order valence-corrected chi connectivity index (χ0v) is 23.3. The Morgan fingerprint density at radius 3 is 1.92 bits per heavy atom. The van der Waals surface area contributed by atoms with Crippen LogP contribution in [-0.4, -0.2) is 49.0 Å². The van der Waals surface area contributed by atoms with E-state index < -0.39 is 0 Å². The monoisotopic (exact) mass is 618 g/mol. The molecule has 198 valence electrons. The maximum Gasteiger partial charge on any atom is 1.00 e. The van der Waals surface area contributed by atoms with Crippen molar-refractivity contribution in [3.8, 4) is 0 Å². The molecule has 2 saturated carbocycles. The van der Waals surface area contributed by atoms with Crippen LogP contribution in [0.1, 0.15) is 51.4 Å². The Morgan fingerprint density at radius 1 is 0.722 bits per heavy atom. The van der Waals surface area contributed by atoms with Crippen LogP contribution < -0.4 is 24.8 Å². The molecule has 36 heavy (non-hydrogen) atoms. The Kier molecular flexibility index (Phi) is 14.9. The third kappa shape index (κ3) is 8.84. The molecule has 0 aromatic heterocycles. The minimum Gasteiger partial charge on any atom is -1.00 e. The number of nitrogens with zero attached hydrogens (tertiary/aromatic N) is 4. The van der Waals surface area contributed by atoms with Crippen molar-refractivity contribution in [2.24, 2.45) is 20.0 Å². The number of halogens is 2. The number of rotatable bonds is 0. The zero-order chi connectivity index (χ0) is 21.6. The van der Waals surface area contributed by atoms with E-state index in [1.165, 1.54) is 25.7 Å². The van der Waals surface area contributed by atoms with Gasteiger partial charge in [-0.1, -0.05) is 36.8 Å². The summed E-state index contributed by atoms with van der Waals surface area (Å²) in [6.45, 7) is 0. The molecule has 8 heteroatoms. The molecule has 4 bridgehead atoms. The van der Waals surface area contributed by atoms with E-state index in [9.17, 15) is 0 Å². The molecule has 4 atom stereocenters. The fourth-order valence-electron chi connectivity index (χ4n) is 4.90. The maximum absolute atomic E-state index is 4.93. The smallest absolute Gasteiger partial charge is 1.00 e. The number of fused-ring (bicyclic) bond motifs is 3.